The van der Waals surface area contributed by atoms with E-state index in [4.69, 9.17) is 0 Å². The van der Waals surface area contributed by atoms with Crippen LogP contribution in [-0.2, 0) is 6.42 Å². The van der Waals surface area contributed by atoms with Crippen molar-refractivity contribution in [3.05, 3.63) is 40.0 Å². The number of aromatic nitrogens is 2. The van der Waals surface area contributed by atoms with Crippen molar-refractivity contribution in [1.82, 2.24) is 9.97 Å². The first kappa shape index (κ1) is 12.0. The van der Waals surface area contributed by atoms with E-state index in [0.717, 1.165) is 17.9 Å². The number of nitrogens with one attached hydrogen (secondary N) is 1. The highest BCUT2D eigenvalue weighted by Crippen LogP contribution is 2.18. The van der Waals surface area contributed by atoms with Crippen LogP contribution >= 0.6 is 11.3 Å². The van der Waals surface area contributed by atoms with Crippen molar-refractivity contribution in [2.75, 3.05) is 5.32 Å². The molecule has 1 N–H and O–H groups in total. The lowest BCUT2D eigenvalue weighted by Crippen LogP contribution is -2.19. The summed E-state index contributed by atoms with van der Waals surface area (Å²) in [5, 5.41) is 3.40. The number of hydrogen-bond acceptors (Lipinski definition) is 4. The zero-order valence-corrected chi connectivity index (χ0v) is 11.2. The third kappa shape index (κ3) is 3.27. The molecule has 1 atom stereocenters. The number of hydrogen-bond donors (Lipinski definition) is 1. The lowest BCUT2D eigenvalue weighted by molar-refractivity contribution is 0.790. The fourth-order valence-electron chi connectivity index (χ4n) is 1.73. The van der Waals surface area contributed by atoms with Gasteiger partial charge in [0, 0.05) is 34.6 Å². The normalized spacial score (nSPS) is 12.4. The second kappa shape index (κ2) is 5.27. The molecule has 2 rings (SSSR count). The highest BCUT2D eigenvalue weighted by Gasteiger charge is 2.07. The van der Waals surface area contributed by atoms with Gasteiger partial charge in [-0.25, -0.2) is 4.98 Å². The molecular weight excluding hydrogens is 230 g/mol. The zero-order valence-electron chi connectivity index (χ0n) is 10.4. The van der Waals surface area contributed by atoms with Crippen molar-refractivity contribution in [3.8, 4) is 0 Å². The van der Waals surface area contributed by atoms with Gasteiger partial charge < -0.3 is 5.32 Å². The van der Waals surface area contributed by atoms with Crippen LogP contribution in [0.15, 0.2) is 24.5 Å². The molecule has 0 saturated carbocycles. The summed E-state index contributed by atoms with van der Waals surface area (Å²) in [6.45, 7) is 6.28. The predicted octanol–water partition coefficient (Wildman–Crippen LogP) is 3.20. The largest absolute Gasteiger partial charge is 0.366 e. The van der Waals surface area contributed by atoms with Crippen LogP contribution in [0.25, 0.3) is 0 Å². The Hall–Kier alpha value is -1.42. The maximum Gasteiger partial charge on any atom is 0.147 e. The third-order valence-corrected chi connectivity index (χ3v) is 3.59. The SMILES string of the molecule is Cc1ccc(CC(C)Nc2nccnc2C)s1. The molecule has 1 unspecified atom stereocenters. The molecule has 0 spiro atoms. The van der Waals surface area contributed by atoms with Gasteiger partial charge in [-0.3, -0.25) is 4.98 Å². The Balaban J connectivity index is 1.98. The number of nitrogens with zero attached hydrogens (tertiary/aromatic N) is 2. The molecule has 0 aromatic carbocycles. The highest BCUT2D eigenvalue weighted by atomic mass is 32.1. The monoisotopic (exact) mass is 247 g/mol. The minimum Gasteiger partial charge on any atom is -0.366 e. The molecule has 2 aromatic rings. The molecule has 2 heterocycles. The average molecular weight is 247 g/mol. The standard InChI is InChI=1S/C13H17N3S/c1-9(8-12-5-4-10(2)17-12)16-13-11(3)14-6-7-15-13/h4-7,9H,8H2,1-3H3,(H,15,16). The van der Waals surface area contributed by atoms with Crippen LogP contribution in [0.4, 0.5) is 5.82 Å². The lowest BCUT2D eigenvalue weighted by Gasteiger charge is -2.14. The zero-order chi connectivity index (χ0) is 12.3. The van der Waals surface area contributed by atoms with Gasteiger partial charge in [0.25, 0.3) is 0 Å². The summed E-state index contributed by atoms with van der Waals surface area (Å²) in [4.78, 5) is 11.3. The van der Waals surface area contributed by atoms with Crippen molar-refractivity contribution < 1.29 is 0 Å². The second-order valence-corrected chi connectivity index (χ2v) is 5.62. The summed E-state index contributed by atoms with van der Waals surface area (Å²) < 4.78 is 0. The molecule has 0 aliphatic rings. The van der Waals surface area contributed by atoms with Crippen LogP contribution in [0.5, 0.6) is 0 Å². The van der Waals surface area contributed by atoms with E-state index in [1.54, 1.807) is 12.4 Å². The highest BCUT2D eigenvalue weighted by molar-refractivity contribution is 7.11. The molecule has 0 aliphatic carbocycles. The smallest absolute Gasteiger partial charge is 0.147 e. The first-order valence-electron chi connectivity index (χ1n) is 5.74. The van der Waals surface area contributed by atoms with Gasteiger partial charge >= 0.3 is 0 Å². The van der Waals surface area contributed by atoms with Gasteiger partial charge in [-0.05, 0) is 32.9 Å². The van der Waals surface area contributed by atoms with E-state index in [2.05, 4.69) is 41.3 Å². The van der Waals surface area contributed by atoms with Crippen molar-refractivity contribution in [3.63, 3.8) is 0 Å². The maximum absolute atomic E-state index is 4.29. The van der Waals surface area contributed by atoms with Crippen LogP contribution < -0.4 is 5.32 Å². The fraction of sp³-hybridized carbons (Fsp3) is 0.385. The third-order valence-electron chi connectivity index (χ3n) is 2.57. The maximum atomic E-state index is 4.29. The van der Waals surface area contributed by atoms with Crippen LogP contribution in [0, 0.1) is 13.8 Å². The van der Waals surface area contributed by atoms with Crippen molar-refractivity contribution >= 4 is 17.2 Å². The van der Waals surface area contributed by atoms with Crippen molar-refractivity contribution in [2.45, 2.75) is 33.2 Å². The van der Waals surface area contributed by atoms with Gasteiger partial charge in [-0.15, -0.1) is 11.3 Å². The molecular formula is C13H17N3S. The van der Waals surface area contributed by atoms with Gasteiger partial charge in [0.1, 0.15) is 5.82 Å². The Morgan fingerprint density at radius 2 is 2.00 bits per heavy atom. The van der Waals surface area contributed by atoms with Gasteiger partial charge in [0.2, 0.25) is 0 Å². The van der Waals surface area contributed by atoms with Crippen LogP contribution in [0.3, 0.4) is 0 Å². The van der Waals surface area contributed by atoms with E-state index in [-0.39, 0.29) is 0 Å². The van der Waals surface area contributed by atoms with E-state index in [1.807, 2.05) is 18.3 Å². The van der Waals surface area contributed by atoms with E-state index < -0.39 is 0 Å². The number of thiophene rings is 1. The Bertz CT molecular complexity index is 493. The second-order valence-electron chi connectivity index (χ2n) is 4.25. The molecule has 2 aromatic heterocycles. The first-order valence-corrected chi connectivity index (χ1v) is 6.56. The topological polar surface area (TPSA) is 37.8 Å². The minimum atomic E-state index is 0.364. The molecule has 0 fully saturated rings. The van der Waals surface area contributed by atoms with Crippen molar-refractivity contribution in [1.29, 1.82) is 0 Å². The van der Waals surface area contributed by atoms with E-state index >= 15 is 0 Å². The van der Waals surface area contributed by atoms with Crippen LogP contribution in [-0.4, -0.2) is 16.0 Å². The van der Waals surface area contributed by atoms with Crippen LogP contribution in [0.1, 0.15) is 22.4 Å². The Labute approximate surface area is 106 Å². The van der Waals surface area contributed by atoms with Crippen LogP contribution in [0.2, 0.25) is 0 Å². The minimum absolute atomic E-state index is 0.364. The molecule has 0 radical (unpaired) electrons. The lowest BCUT2D eigenvalue weighted by atomic mass is 10.2. The number of rotatable bonds is 4. The van der Waals surface area contributed by atoms with Gasteiger partial charge in [-0.2, -0.15) is 0 Å². The molecule has 4 heteroatoms. The van der Waals surface area contributed by atoms with E-state index in [0.29, 0.717) is 6.04 Å². The molecule has 0 saturated heterocycles. The number of aryl methyl sites for hydroxylation is 2. The predicted molar refractivity (Wildman–Crippen MR) is 72.6 cm³/mol. The van der Waals surface area contributed by atoms with E-state index in [9.17, 15) is 0 Å². The Morgan fingerprint density at radius 3 is 2.65 bits per heavy atom. The van der Waals surface area contributed by atoms with Gasteiger partial charge in [0.15, 0.2) is 0 Å². The summed E-state index contributed by atoms with van der Waals surface area (Å²) in [7, 11) is 0. The summed E-state index contributed by atoms with van der Waals surface area (Å²) in [5.41, 5.74) is 0.946. The Morgan fingerprint density at radius 1 is 1.24 bits per heavy atom. The quantitative estimate of drug-likeness (QED) is 0.901. The summed E-state index contributed by atoms with van der Waals surface area (Å²) in [6.07, 6.45) is 4.46. The molecule has 0 aliphatic heterocycles. The Kier molecular flexibility index (Phi) is 3.74. The van der Waals surface area contributed by atoms with E-state index in [1.165, 1.54) is 9.75 Å². The molecule has 3 nitrogen and oxygen atoms in total. The molecule has 90 valence electrons. The summed E-state index contributed by atoms with van der Waals surface area (Å²) >= 11 is 1.85. The number of anilines is 1. The fourth-order valence-corrected chi connectivity index (χ4v) is 2.75. The van der Waals surface area contributed by atoms with Crippen molar-refractivity contribution in [2.24, 2.45) is 0 Å². The van der Waals surface area contributed by atoms with Gasteiger partial charge in [0.05, 0.1) is 5.69 Å². The summed E-state index contributed by atoms with van der Waals surface area (Å²) in [6, 6.07) is 4.73. The molecule has 0 bridgehead atoms. The molecule has 17 heavy (non-hydrogen) atoms. The average Bonchev–Trinajstić information content (AvgIpc) is 2.67. The first-order chi connectivity index (χ1) is 8.15. The van der Waals surface area contributed by atoms with Gasteiger partial charge in [-0.1, -0.05) is 0 Å². The summed E-state index contributed by atoms with van der Waals surface area (Å²) in [5.74, 6) is 0.883. The molecule has 0 amide bonds.